The van der Waals surface area contributed by atoms with Gasteiger partial charge >= 0.3 is 0 Å². The van der Waals surface area contributed by atoms with Gasteiger partial charge in [0, 0.05) is 29.1 Å². The highest BCUT2D eigenvalue weighted by atomic mass is 79.9. The zero-order valence-corrected chi connectivity index (χ0v) is 44.7. The molecule has 0 saturated carbocycles. The van der Waals surface area contributed by atoms with Crippen molar-refractivity contribution >= 4 is 108 Å². The smallest absolute Gasteiger partial charge is 0.187 e. The Morgan fingerprint density at radius 3 is 1.39 bits per heavy atom. The summed E-state index contributed by atoms with van der Waals surface area (Å²) in [5, 5.41) is 8.50. The van der Waals surface area contributed by atoms with Gasteiger partial charge in [-0.25, -0.2) is 31.2 Å². The minimum Gasteiger partial charge on any atom is -0.299 e. The quantitative estimate of drug-likeness (QED) is 0.0436. The highest BCUT2D eigenvalue weighted by Gasteiger charge is 2.00. The number of benzene rings is 5. The molecular weight excluding hydrogens is 1130 g/mol. The monoisotopic (exact) mass is 1180 g/mol. The summed E-state index contributed by atoms with van der Waals surface area (Å²) < 4.78 is 76.0. The Morgan fingerprint density at radius 2 is 0.915 bits per heavy atom. The van der Waals surface area contributed by atoms with Gasteiger partial charge in [0.15, 0.2) is 17.3 Å². The van der Waals surface area contributed by atoms with Gasteiger partial charge in [0.25, 0.3) is 0 Å². The van der Waals surface area contributed by atoms with E-state index in [1.807, 2.05) is 19.1 Å². The Labute approximate surface area is 476 Å². The molecule has 0 saturated heterocycles. The third kappa shape index (κ3) is 33.4. The first kappa shape index (κ1) is 69.3. The number of aromatic nitrogens is 3. The molecule has 0 aliphatic carbocycles. The number of carbonyl (C=O) groups excluding carboxylic acids is 7. The van der Waals surface area contributed by atoms with Crippen molar-refractivity contribution in [2.75, 3.05) is 0 Å². The minimum atomic E-state index is -0.914. The van der Waals surface area contributed by atoms with E-state index in [1.54, 1.807) is 85.5 Å². The maximum absolute atomic E-state index is 12.8. The third-order valence-corrected chi connectivity index (χ3v) is 9.26. The fourth-order valence-electron chi connectivity index (χ4n) is 5.38. The molecule has 82 heavy (non-hydrogen) atoms. The number of hydrogen-bond donors (Lipinski definition) is 0. The zero-order chi connectivity index (χ0) is 60.8. The van der Waals surface area contributed by atoms with Crippen LogP contribution in [0.15, 0.2) is 181 Å². The van der Waals surface area contributed by atoms with Crippen molar-refractivity contribution in [1.29, 1.82) is 5.26 Å². The van der Waals surface area contributed by atoms with Gasteiger partial charge in [-0.05, 0) is 166 Å². The normalized spacial score (nSPS) is 10.2. The number of nitrogens with zero attached hydrogens (tertiary/aromatic N) is 5. The fourth-order valence-corrected chi connectivity index (χ4v) is 5.76. The van der Waals surface area contributed by atoms with Crippen LogP contribution in [-0.4, -0.2) is 59.0 Å². The first-order chi connectivity index (χ1) is 39.6. The molecule has 0 radical (unpaired) electrons. The van der Waals surface area contributed by atoms with Crippen LogP contribution >= 0.6 is 15.9 Å². The Hall–Kier alpha value is -10.8. The van der Waals surface area contributed by atoms with Gasteiger partial charge in [0.05, 0.1) is 35.8 Å². The summed E-state index contributed by atoms with van der Waals surface area (Å²) in [5.74, 6) is -3.88. The average Bonchev–Trinajstić information content (AvgIpc) is 3.48. The van der Waals surface area contributed by atoms with Crippen molar-refractivity contribution in [1.82, 2.24) is 15.0 Å². The number of nitriles is 1. The summed E-state index contributed by atoms with van der Waals surface area (Å²) >= 11 is 3.27. The van der Waals surface area contributed by atoms with Gasteiger partial charge < -0.3 is 0 Å². The number of aryl methyl sites for hydroxylation is 1. The Balaban J connectivity index is 0.000000479. The van der Waals surface area contributed by atoms with Crippen molar-refractivity contribution in [3.63, 3.8) is 0 Å². The van der Waals surface area contributed by atoms with Crippen LogP contribution in [-0.2, 0) is 33.6 Å². The molecule has 0 amide bonds. The molecule has 2 heterocycles. The fraction of sp³-hybridized carbons (Fsp3) is 0.0159. The summed E-state index contributed by atoms with van der Waals surface area (Å²) in [4.78, 5) is 84.6. The molecule has 7 aromatic rings. The van der Waals surface area contributed by atoms with Crippen LogP contribution in [0, 0.1) is 59.7 Å². The van der Waals surface area contributed by atoms with Crippen LogP contribution in [0.1, 0.15) is 50.3 Å². The van der Waals surface area contributed by atoms with Crippen LogP contribution < -0.4 is 0 Å². The summed E-state index contributed by atoms with van der Waals surface area (Å²) in [6.07, 6.45) is 31.1. The van der Waals surface area contributed by atoms with E-state index in [2.05, 4.69) is 35.7 Å². The molecule has 0 aliphatic rings. The van der Waals surface area contributed by atoms with Gasteiger partial charge in [-0.2, -0.15) is 5.26 Å². The predicted molar refractivity (Wildman–Crippen MR) is 307 cm³/mol. The zero-order valence-electron chi connectivity index (χ0n) is 43.1. The standard InChI is InChI=1S/C10H6FNO.C10H7NO.2C9H6F2O.C9H7FO.C8H6BrNO.C8H8N2O/c11-10-5-8(2-1-3-13)4-9(6-10)7-12;1-11-10-6-4-9(5-7-10)3-2-8-12;10-8-4-3-7(2-1-5-12)6-9(8)11;10-8-4-7(2-1-3-12)5-9(11)6-8;10-9-5-1-3-8(7-9)4-2-6-11;9-8-4-7(2-1-3-11)5-10-6-8;1-7-5-10-8(6-9-7)3-2-4-11/h1-6H;2-8H;2*1-6H;1-7H;1-6H;2-6H,1H3/b2-1+;3-2+;2*2-1+;4-2+;2-1+;3-2+. The second-order valence-corrected chi connectivity index (χ2v) is 15.9. The number of rotatable bonds is 14. The van der Waals surface area contributed by atoms with Crippen molar-refractivity contribution in [3.05, 3.63) is 278 Å². The van der Waals surface area contributed by atoms with Crippen molar-refractivity contribution < 1.29 is 59.9 Å². The summed E-state index contributed by atoms with van der Waals surface area (Å²) in [6, 6.07) is 27.2. The molecule has 0 spiro atoms. The van der Waals surface area contributed by atoms with Gasteiger partial charge in [-0.1, -0.05) is 78.9 Å². The highest BCUT2D eigenvalue weighted by molar-refractivity contribution is 9.10. The van der Waals surface area contributed by atoms with E-state index in [-0.39, 0.29) is 11.4 Å². The van der Waals surface area contributed by atoms with Crippen LogP contribution in [0.3, 0.4) is 0 Å². The van der Waals surface area contributed by atoms with E-state index in [0.717, 1.165) is 70.3 Å². The molecule has 5 aromatic carbocycles. The molecule has 12 nitrogen and oxygen atoms in total. The van der Waals surface area contributed by atoms with E-state index >= 15 is 0 Å². The summed E-state index contributed by atoms with van der Waals surface area (Å²) in [5.41, 5.74) is 6.24. The lowest BCUT2D eigenvalue weighted by molar-refractivity contribution is -0.104. The second-order valence-electron chi connectivity index (χ2n) is 15.0. The van der Waals surface area contributed by atoms with Crippen molar-refractivity contribution in [3.8, 4) is 6.07 Å². The van der Waals surface area contributed by atoms with E-state index in [9.17, 15) is 59.9 Å². The lowest BCUT2D eigenvalue weighted by atomic mass is 10.1. The maximum Gasteiger partial charge on any atom is 0.187 e. The molecule has 0 unspecified atom stereocenters. The van der Waals surface area contributed by atoms with Crippen molar-refractivity contribution in [2.24, 2.45) is 0 Å². The number of hydrogen-bond acceptors (Lipinski definition) is 11. The first-order valence-electron chi connectivity index (χ1n) is 23.1. The van der Waals surface area contributed by atoms with Crippen LogP contribution in [0.5, 0.6) is 0 Å². The largest absolute Gasteiger partial charge is 0.299 e. The molecule has 0 fully saturated rings. The van der Waals surface area contributed by atoms with Crippen LogP contribution in [0.2, 0.25) is 0 Å². The molecule has 19 heteroatoms. The lowest BCUT2D eigenvalue weighted by Crippen LogP contribution is -1.85. The number of allylic oxidation sites excluding steroid dienone is 7. The molecule has 7 rings (SSSR count). The average molecular weight is 1180 g/mol. The van der Waals surface area contributed by atoms with E-state index in [0.29, 0.717) is 65.1 Å². The molecule has 2 aromatic heterocycles. The van der Waals surface area contributed by atoms with Gasteiger partial charge in [-0.15, -0.1) is 0 Å². The second kappa shape index (κ2) is 43.2. The van der Waals surface area contributed by atoms with E-state index in [4.69, 9.17) is 11.8 Å². The Bertz CT molecular complexity index is 3400. The van der Waals surface area contributed by atoms with Crippen molar-refractivity contribution in [2.45, 2.75) is 6.92 Å². The number of carbonyl (C=O) groups is 7. The minimum absolute atomic E-state index is 0.241. The predicted octanol–water partition coefficient (Wildman–Crippen LogP) is 13.8. The maximum atomic E-state index is 12.8. The number of pyridine rings is 1. The lowest BCUT2D eigenvalue weighted by Gasteiger charge is -1.94. The SMILES string of the molecule is Cc1cnc(/C=C/C=O)cn1.N#Cc1cc(F)cc(/C=C/C=O)c1.O=C/C=C/c1cc(F)cc(F)c1.O=C/C=C/c1ccc(F)c(F)c1.O=C/C=C/c1cccc(F)c1.O=C/C=C/c1cncc(Br)c1.[C-]#[N+]c1ccc(/C=C/C=O)cc1. The summed E-state index contributed by atoms with van der Waals surface area (Å²) in [6.45, 7) is 8.56. The van der Waals surface area contributed by atoms with E-state index < -0.39 is 29.1 Å². The molecular formula is C63H46BrF6N5O7. The molecule has 0 bridgehead atoms. The van der Waals surface area contributed by atoms with Gasteiger partial charge in [0.1, 0.15) is 67.3 Å². The summed E-state index contributed by atoms with van der Waals surface area (Å²) in [7, 11) is 0. The molecule has 0 aliphatic heterocycles. The molecule has 0 N–H and O–H groups in total. The Morgan fingerprint density at radius 1 is 0.451 bits per heavy atom. The Kier molecular flexibility index (Phi) is 36.5. The van der Waals surface area contributed by atoms with E-state index in [1.165, 1.54) is 91.1 Å². The highest BCUT2D eigenvalue weighted by Crippen LogP contribution is 2.15. The molecule has 414 valence electrons. The van der Waals surface area contributed by atoms with Gasteiger partial charge in [-0.3, -0.25) is 48.5 Å². The third-order valence-electron chi connectivity index (χ3n) is 8.82. The first-order valence-corrected chi connectivity index (χ1v) is 23.9. The van der Waals surface area contributed by atoms with Crippen LogP contribution in [0.25, 0.3) is 47.4 Å². The van der Waals surface area contributed by atoms with Crippen LogP contribution in [0.4, 0.5) is 32.0 Å². The molecule has 0 atom stereocenters. The number of aldehydes is 7. The number of halogens is 7. The topological polar surface area (TPSA) is 186 Å². The van der Waals surface area contributed by atoms with Gasteiger partial charge in [0.2, 0.25) is 0 Å².